The Morgan fingerprint density at radius 1 is 1.08 bits per heavy atom. The second-order valence-electron chi connectivity index (χ2n) is 10.3. The third-order valence-electron chi connectivity index (χ3n) is 8.74. The molecule has 0 aromatic heterocycles. The maximum absolute atomic E-state index is 11.7. The lowest BCUT2D eigenvalue weighted by Gasteiger charge is -2.57. The molecule has 1 aliphatic heterocycles. The van der Waals surface area contributed by atoms with Gasteiger partial charge in [0, 0.05) is 12.8 Å². The average Bonchev–Trinajstić information content (AvgIpc) is 3.12. The molecule has 3 saturated carbocycles. The van der Waals surface area contributed by atoms with Crippen LogP contribution >= 0.6 is 0 Å². The van der Waals surface area contributed by atoms with Gasteiger partial charge in [0.1, 0.15) is 0 Å². The summed E-state index contributed by atoms with van der Waals surface area (Å²) in [6.07, 6.45) is 6.12. The monoisotopic (exact) mass is 362 g/mol. The zero-order chi connectivity index (χ0) is 18.3. The van der Waals surface area contributed by atoms with Crippen LogP contribution in [0.1, 0.15) is 65.7 Å². The second kappa shape index (κ2) is 5.56. The van der Waals surface area contributed by atoms with Gasteiger partial charge in [-0.1, -0.05) is 26.3 Å². The van der Waals surface area contributed by atoms with E-state index in [4.69, 9.17) is 9.47 Å². The summed E-state index contributed by atoms with van der Waals surface area (Å²) in [5.74, 6) is 1.41. The van der Waals surface area contributed by atoms with E-state index in [1.165, 1.54) is 11.1 Å². The number of aliphatic hydroxyl groups is 2. The van der Waals surface area contributed by atoms with Crippen LogP contribution in [0.2, 0.25) is 0 Å². The summed E-state index contributed by atoms with van der Waals surface area (Å²) in [5, 5.41) is 22.4. The minimum atomic E-state index is -0.771. The van der Waals surface area contributed by atoms with Gasteiger partial charge in [-0.15, -0.1) is 0 Å². The van der Waals surface area contributed by atoms with Crippen molar-refractivity contribution >= 4 is 0 Å². The highest BCUT2D eigenvalue weighted by atomic mass is 16.7. The van der Waals surface area contributed by atoms with Gasteiger partial charge in [-0.05, 0) is 66.8 Å². The van der Waals surface area contributed by atoms with E-state index < -0.39 is 11.4 Å². The largest absolute Gasteiger partial charge is 0.393 e. The van der Waals surface area contributed by atoms with E-state index in [9.17, 15) is 10.2 Å². The smallest absolute Gasteiger partial charge is 0.171 e. The lowest BCUT2D eigenvalue weighted by atomic mass is 9.50. The third-order valence-corrected chi connectivity index (χ3v) is 8.74. The van der Waals surface area contributed by atoms with Gasteiger partial charge in [0.2, 0.25) is 0 Å². The molecule has 1 spiro atoms. The molecule has 0 amide bonds. The highest BCUT2D eigenvalue weighted by molar-refractivity contribution is 5.37. The Labute approximate surface area is 156 Å². The highest BCUT2D eigenvalue weighted by Crippen LogP contribution is 2.64. The first-order valence-electron chi connectivity index (χ1n) is 10.7. The molecule has 26 heavy (non-hydrogen) atoms. The minimum absolute atomic E-state index is 0.0470. The number of hydrogen-bond donors (Lipinski definition) is 2. The standard InChI is InChI=1S/C22H34O4/c1-13-10-20(3)15(4-5-17(20)23)18-14(2)11-21(24)12-22(25-8-9-26-22)7-6-16(21)19(13)18/h13-15,17-18,23-24H,4-12H2,1-3H3/t13-,14+,15-,17-,18-,20-,21+/m0/s1. The SMILES string of the molecule is C[C@@H]1C[C@@]2(O)CC3(CCC2=C2[C@@H]1[C@@H]1CC[C@H](O)[C@@]1(C)C[C@@H]2C)OCCO3. The van der Waals surface area contributed by atoms with Crippen LogP contribution in [0.3, 0.4) is 0 Å². The highest BCUT2D eigenvalue weighted by Gasteiger charge is 2.61. The first-order chi connectivity index (χ1) is 12.3. The predicted molar refractivity (Wildman–Crippen MR) is 98.4 cm³/mol. The zero-order valence-electron chi connectivity index (χ0n) is 16.5. The predicted octanol–water partition coefficient (Wildman–Crippen LogP) is 3.41. The van der Waals surface area contributed by atoms with Gasteiger partial charge in [0.15, 0.2) is 5.79 Å². The number of ether oxygens (including phenoxy) is 2. The van der Waals surface area contributed by atoms with Gasteiger partial charge in [-0.2, -0.15) is 0 Å². The molecule has 0 radical (unpaired) electrons. The van der Waals surface area contributed by atoms with Crippen molar-refractivity contribution in [2.24, 2.45) is 29.1 Å². The Morgan fingerprint density at radius 3 is 2.54 bits per heavy atom. The Bertz CT molecular complexity index is 636. The fourth-order valence-electron chi connectivity index (χ4n) is 7.84. The lowest BCUT2D eigenvalue weighted by Crippen LogP contribution is -2.55. The van der Waals surface area contributed by atoms with Gasteiger partial charge >= 0.3 is 0 Å². The summed E-state index contributed by atoms with van der Waals surface area (Å²) in [7, 11) is 0. The van der Waals surface area contributed by atoms with Gasteiger partial charge in [0.25, 0.3) is 0 Å². The molecule has 2 N–H and O–H groups in total. The molecule has 0 aromatic carbocycles. The van der Waals surface area contributed by atoms with Crippen molar-refractivity contribution < 1.29 is 19.7 Å². The summed E-state index contributed by atoms with van der Waals surface area (Å²) in [4.78, 5) is 0. The number of hydrogen-bond acceptors (Lipinski definition) is 4. The van der Waals surface area contributed by atoms with Crippen LogP contribution in [0, 0.1) is 29.1 Å². The number of fused-ring (bicyclic) bond motifs is 4. The maximum Gasteiger partial charge on any atom is 0.171 e. The fourth-order valence-corrected chi connectivity index (χ4v) is 7.84. The van der Waals surface area contributed by atoms with Crippen molar-refractivity contribution in [2.75, 3.05) is 13.2 Å². The molecule has 1 saturated heterocycles. The molecule has 0 unspecified atom stereocenters. The molecule has 0 bridgehead atoms. The van der Waals surface area contributed by atoms with Crippen LogP contribution in [0.5, 0.6) is 0 Å². The number of aliphatic hydroxyl groups excluding tert-OH is 1. The quantitative estimate of drug-likeness (QED) is 0.648. The van der Waals surface area contributed by atoms with Crippen molar-refractivity contribution in [1.29, 1.82) is 0 Å². The summed E-state index contributed by atoms with van der Waals surface area (Å²) in [6.45, 7) is 8.26. The molecule has 146 valence electrons. The molecule has 0 aromatic rings. The van der Waals surface area contributed by atoms with E-state index in [1.54, 1.807) is 0 Å². The van der Waals surface area contributed by atoms with E-state index in [0.717, 1.165) is 38.5 Å². The zero-order valence-corrected chi connectivity index (χ0v) is 16.5. The van der Waals surface area contributed by atoms with Crippen molar-refractivity contribution in [3.63, 3.8) is 0 Å². The molecule has 4 heteroatoms. The average molecular weight is 363 g/mol. The van der Waals surface area contributed by atoms with E-state index in [-0.39, 0.29) is 11.5 Å². The minimum Gasteiger partial charge on any atom is -0.393 e. The summed E-state index contributed by atoms with van der Waals surface area (Å²) < 4.78 is 11.9. The summed E-state index contributed by atoms with van der Waals surface area (Å²) in [5.41, 5.74) is 2.12. The van der Waals surface area contributed by atoms with Gasteiger partial charge in [-0.3, -0.25) is 0 Å². The van der Waals surface area contributed by atoms with Crippen LogP contribution in [0.25, 0.3) is 0 Å². The van der Waals surface area contributed by atoms with Crippen LogP contribution in [-0.4, -0.2) is 40.9 Å². The topological polar surface area (TPSA) is 58.9 Å². The van der Waals surface area contributed by atoms with Crippen molar-refractivity contribution in [3.05, 3.63) is 11.1 Å². The molecule has 1 heterocycles. The second-order valence-corrected chi connectivity index (χ2v) is 10.3. The van der Waals surface area contributed by atoms with Gasteiger partial charge in [-0.25, -0.2) is 0 Å². The van der Waals surface area contributed by atoms with Crippen LogP contribution in [0.4, 0.5) is 0 Å². The summed E-state index contributed by atoms with van der Waals surface area (Å²) in [6, 6.07) is 0. The lowest BCUT2D eigenvalue weighted by molar-refractivity contribution is -0.210. The molecular formula is C22H34O4. The van der Waals surface area contributed by atoms with Crippen molar-refractivity contribution in [2.45, 2.75) is 83.2 Å². The first kappa shape index (κ1) is 17.7. The van der Waals surface area contributed by atoms with E-state index in [1.807, 2.05) is 0 Å². The van der Waals surface area contributed by atoms with Crippen LogP contribution < -0.4 is 0 Å². The van der Waals surface area contributed by atoms with Gasteiger partial charge in [0.05, 0.1) is 24.9 Å². The maximum atomic E-state index is 11.7. The number of allylic oxidation sites excluding steroid dienone is 1. The molecule has 4 nitrogen and oxygen atoms in total. The van der Waals surface area contributed by atoms with Gasteiger partial charge < -0.3 is 19.7 Å². The third kappa shape index (κ3) is 2.22. The van der Waals surface area contributed by atoms with Crippen molar-refractivity contribution in [1.82, 2.24) is 0 Å². The molecule has 7 atom stereocenters. The van der Waals surface area contributed by atoms with E-state index >= 15 is 0 Å². The van der Waals surface area contributed by atoms with Crippen LogP contribution in [0.15, 0.2) is 11.1 Å². The molecule has 5 rings (SSSR count). The van der Waals surface area contributed by atoms with E-state index in [0.29, 0.717) is 43.3 Å². The Morgan fingerprint density at radius 2 is 1.81 bits per heavy atom. The Hall–Kier alpha value is -0.420. The van der Waals surface area contributed by atoms with E-state index in [2.05, 4.69) is 20.8 Å². The molecular weight excluding hydrogens is 328 g/mol. The fraction of sp³-hybridized carbons (Fsp3) is 0.909. The normalized spacial score (nSPS) is 52.7. The van der Waals surface area contributed by atoms with Crippen molar-refractivity contribution in [3.8, 4) is 0 Å². The molecule has 5 aliphatic rings. The molecule has 4 aliphatic carbocycles. The Kier molecular flexibility index (Phi) is 3.78. The number of rotatable bonds is 0. The first-order valence-corrected chi connectivity index (χ1v) is 10.7. The van der Waals surface area contributed by atoms with Crippen LogP contribution in [-0.2, 0) is 9.47 Å². The summed E-state index contributed by atoms with van der Waals surface area (Å²) >= 11 is 0. The Balaban J connectivity index is 1.57. The molecule has 4 fully saturated rings.